The van der Waals surface area contributed by atoms with Crippen molar-refractivity contribution < 1.29 is 10.0 Å². The summed E-state index contributed by atoms with van der Waals surface area (Å²) in [6.07, 6.45) is 4.51. The zero-order valence-electron chi connectivity index (χ0n) is 13.6. The maximum Gasteiger partial charge on any atom is 0.277 e. The lowest BCUT2D eigenvalue weighted by Gasteiger charge is -2.38. The van der Waals surface area contributed by atoms with Gasteiger partial charge in [-0.25, -0.2) is 0 Å². The molecule has 1 saturated carbocycles. The van der Waals surface area contributed by atoms with Gasteiger partial charge in [0.05, 0.1) is 10.5 Å². The van der Waals surface area contributed by atoms with E-state index in [2.05, 4.69) is 10.2 Å². The van der Waals surface area contributed by atoms with Crippen molar-refractivity contribution in [2.45, 2.75) is 38.6 Å². The number of aromatic hydroxyl groups is 1. The van der Waals surface area contributed by atoms with Crippen LogP contribution in [-0.4, -0.2) is 41.1 Å². The fraction of sp³-hybridized carbons (Fsp3) is 0.647. The van der Waals surface area contributed by atoms with Crippen molar-refractivity contribution in [2.75, 3.05) is 26.2 Å². The average molecular weight is 319 g/mol. The molecule has 0 bridgehead atoms. The predicted octanol–water partition coefficient (Wildman–Crippen LogP) is 2.75. The number of benzene rings is 1. The first kappa shape index (κ1) is 16.2. The number of phenolic OH excluding ortho intramolecular Hbond substituents is 1. The summed E-state index contributed by atoms with van der Waals surface area (Å²) in [4.78, 5) is 13.5. The molecule has 1 heterocycles. The van der Waals surface area contributed by atoms with Gasteiger partial charge in [-0.15, -0.1) is 0 Å². The van der Waals surface area contributed by atoms with E-state index in [1.165, 1.54) is 12.8 Å². The van der Waals surface area contributed by atoms with Gasteiger partial charge in [-0.1, -0.05) is 12.8 Å². The van der Waals surface area contributed by atoms with Crippen LogP contribution in [0.2, 0.25) is 0 Å². The Morgan fingerprint density at radius 2 is 1.96 bits per heavy atom. The highest BCUT2D eigenvalue weighted by Crippen LogP contribution is 2.46. The third-order valence-corrected chi connectivity index (χ3v) is 5.28. The van der Waals surface area contributed by atoms with Crippen LogP contribution < -0.4 is 5.32 Å². The normalized spacial score (nSPS) is 21.4. The van der Waals surface area contributed by atoms with Gasteiger partial charge in [0, 0.05) is 38.3 Å². The molecule has 1 saturated heterocycles. The van der Waals surface area contributed by atoms with E-state index in [-0.39, 0.29) is 22.4 Å². The van der Waals surface area contributed by atoms with Crippen molar-refractivity contribution in [1.82, 2.24) is 10.2 Å². The topological polar surface area (TPSA) is 78.6 Å². The molecule has 3 rings (SSSR count). The first-order valence-electron chi connectivity index (χ1n) is 8.51. The number of hydrogen-bond acceptors (Lipinski definition) is 5. The van der Waals surface area contributed by atoms with Gasteiger partial charge in [0.2, 0.25) is 0 Å². The van der Waals surface area contributed by atoms with Gasteiger partial charge in [-0.05, 0) is 37.3 Å². The van der Waals surface area contributed by atoms with Crippen molar-refractivity contribution >= 4 is 5.69 Å². The maximum atomic E-state index is 11.6. The van der Waals surface area contributed by atoms with Crippen LogP contribution in [0.15, 0.2) is 12.1 Å². The summed E-state index contributed by atoms with van der Waals surface area (Å²) in [5.74, 6) is 0.495. The second-order valence-corrected chi connectivity index (χ2v) is 6.70. The Balaban J connectivity index is 2.08. The number of rotatable bonds is 4. The highest BCUT2D eigenvalue weighted by atomic mass is 16.6. The Bertz CT molecular complexity index is 579. The third-order valence-electron chi connectivity index (χ3n) is 5.28. The van der Waals surface area contributed by atoms with E-state index >= 15 is 0 Å². The molecule has 1 aliphatic heterocycles. The Hall–Kier alpha value is -1.66. The molecule has 0 aromatic heterocycles. The summed E-state index contributed by atoms with van der Waals surface area (Å²) < 4.78 is 0. The van der Waals surface area contributed by atoms with Gasteiger partial charge < -0.3 is 10.4 Å². The summed E-state index contributed by atoms with van der Waals surface area (Å²) in [6, 6.07) is 3.13. The first-order chi connectivity index (χ1) is 11.1. The number of nitrogens with one attached hydrogen (secondary N) is 1. The molecule has 1 atom stereocenters. The molecule has 126 valence electrons. The second-order valence-electron chi connectivity index (χ2n) is 6.70. The number of nitrogens with zero attached hydrogens (tertiary/aromatic N) is 2. The van der Waals surface area contributed by atoms with E-state index in [0.29, 0.717) is 17.0 Å². The Morgan fingerprint density at radius 1 is 1.30 bits per heavy atom. The summed E-state index contributed by atoms with van der Waals surface area (Å²) in [5, 5.41) is 25.5. The van der Waals surface area contributed by atoms with Crippen LogP contribution in [0.25, 0.3) is 0 Å². The third kappa shape index (κ3) is 3.19. The highest BCUT2D eigenvalue weighted by molar-refractivity contribution is 5.55. The molecule has 2 N–H and O–H groups in total. The van der Waals surface area contributed by atoms with E-state index in [1.54, 1.807) is 12.1 Å². The monoisotopic (exact) mass is 319 g/mol. The Labute approximate surface area is 136 Å². The van der Waals surface area contributed by atoms with Gasteiger partial charge >= 0.3 is 0 Å². The van der Waals surface area contributed by atoms with Crippen LogP contribution >= 0.6 is 0 Å². The molecule has 6 nitrogen and oxygen atoms in total. The Kier molecular flexibility index (Phi) is 4.82. The minimum Gasteiger partial charge on any atom is -0.507 e. The summed E-state index contributed by atoms with van der Waals surface area (Å²) in [5.41, 5.74) is 1.30. The van der Waals surface area contributed by atoms with Crippen LogP contribution in [-0.2, 0) is 0 Å². The van der Waals surface area contributed by atoms with Crippen molar-refractivity contribution in [3.05, 3.63) is 33.4 Å². The fourth-order valence-corrected chi connectivity index (χ4v) is 4.11. The molecule has 6 heteroatoms. The second kappa shape index (κ2) is 6.84. The van der Waals surface area contributed by atoms with Crippen LogP contribution in [0, 0.1) is 23.0 Å². The van der Waals surface area contributed by atoms with E-state index < -0.39 is 0 Å². The summed E-state index contributed by atoms with van der Waals surface area (Å²) >= 11 is 0. The molecule has 23 heavy (non-hydrogen) atoms. The number of piperazine rings is 1. The molecule has 0 amide bonds. The maximum absolute atomic E-state index is 11.6. The minimum atomic E-state index is -0.349. The molecule has 2 fully saturated rings. The smallest absolute Gasteiger partial charge is 0.277 e. The van der Waals surface area contributed by atoms with Crippen molar-refractivity contribution in [3.63, 3.8) is 0 Å². The van der Waals surface area contributed by atoms with E-state index in [0.717, 1.165) is 39.0 Å². The van der Waals surface area contributed by atoms with Gasteiger partial charge in [0.15, 0.2) is 0 Å². The lowest BCUT2D eigenvalue weighted by molar-refractivity contribution is -0.386. The largest absolute Gasteiger partial charge is 0.507 e. The number of hydrogen-bond donors (Lipinski definition) is 2. The quantitative estimate of drug-likeness (QED) is 0.659. The molecular weight excluding hydrogens is 294 g/mol. The molecule has 0 radical (unpaired) electrons. The van der Waals surface area contributed by atoms with Gasteiger partial charge in [0.1, 0.15) is 5.75 Å². The number of nitro groups is 1. The minimum absolute atomic E-state index is 0.0556. The molecular formula is C17H25N3O3. The summed E-state index contributed by atoms with van der Waals surface area (Å²) in [6.45, 7) is 5.33. The predicted molar refractivity (Wildman–Crippen MR) is 88.6 cm³/mol. The SMILES string of the molecule is Cc1ccc([N+](=O)[O-])c([C@@H](C2CCCC2)N2CCNCC2)c1O. The molecule has 0 spiro atoms. The lowest BCUT2D eigenvalue weighted by Crippen LogP contribution is -2.46. The van der Waals surface area contributed by atoms with Gasteiger partial charge in [-0.2, -0.15) is 0 Å². The van der Waals surface area contributed by atoms with Crippen molar-refractivity contribution in [2.24, 2.45) is 5.92 Å². The van der Waals surface area contributed by atoms with Crippen LogP contribution in [0.1, 0.15) is 42.9 Å². The fourth-order valence-electron chi connectivity index (χ4n) is 4.11. The van der Waals surface area contributed by atoms with Crippen LogP contribution in [0.4, 0.5) is 5.69 Å². The highest BCUT2D eigenvalue weighted by Gasteiger charge is 2.38. The zero-order valence-corrected chi connectivity index (χ0v) is 13.6. The van der Waals surface area contributed by atoms with Crippen molar-refractivity contribution in [3.8, 4) is 5.75 Å². The number of nitro benzene ring substituents is 1. The van der Waals surface area contributed by atoms with Crippen LogP contribution in [0.3, 0.4) is 0 Å². The molecule has 2 aliphatic rings. The van der Waals surface area contributed by atoms with Gasteiger partial charge in [-0.3, -0.25) is 15.0 Å². The molecule has 1 aromatic carbocycles. The average Bonchev–Trinajstić information content (AvgIpc) is 3.07. The van der Waals surface area contributed by atoms with Crippen molar-refractivity contribution in [1.29, 1.82) is 0 Å². The van der Waals surface area contributed by atoms with Crippen LogP contribution in [0.5, 0.6) is 5.75 Å². The first-order valence-corrected chi connectivity index (χ1v) is 8.51. The van der Waals surface area contributed by atoms with Gasteiger partial charge in [0.25, 0.3) is 5.69 Å². The molecule has 0 unspecified atom stereocenters. The van der Waals surface area contributed by atoms with E-state index in [4.69, 9.17) is 0 Å². The molecule has 1 aromatic rings. The molecule has 1 aliphatic carbocycles. The zero-order chi connectivity index (χ0) is 16.4. The number of aryl methyl sites for hydroxylation is 1. The number of phenols is 1. The summed E-state index contributed by atoms with van der Waals surface area (Å²) in [7, 11) is 0. The van der Waals surface area contributed by atoms with E-state index in [1.807, 2.05) is 6.92 Å². The standard InChI is InChI=1S/C17H25N3O3/c1-12-6-7-14(20(22)23)15(17(12)21)16(13-4-2-3-5-13)19-10-8-18-9-11-19/h6-7,13,16,18,21H,2-5,8-11H2,1H3/t16-/m1/s1. The Morgan fingerprint density at radius 3 is 2.57 bits per heavy atom. The van der Waals surface area contributed by atoms with E-state index in [9.17, 15) is 15.2 Å². The lowest BCUT2D eigenvalue weighted by atomic mass is 9.87.